The molecule has 0 radical (unpaired) electrons. The molecular formula is C24H24F6N6O2. The van der Waals surface area contributed by atoms with Crippen molar-refractivity contribution in [2.75, 3.05) is 23.3 Å². The molecule has 4 rings (SSSR count). The first-order valence-corrected chi connectivity index (χ1v) is 11.5. The third-order valence-electron chi connectivity index (χ3n) is 6.21. The number of hydrogen-bond donors (Lipinski definition) is 2. The largest absolute Gasteiger partial charge is 0.419 e. The lowest BCUT2D eigenvalue weighted by Gasteiger charge is -2.26. The Hall–Kier alpha value is -3.68. The molecule has 0 aromatic carbocycles. The first kappa shape index (κ1) is 27.4. The molecule has 0 unspecified atom stereocenters. The second kappa shape index (κ2) is 9.89. The van der Waals surface area contributed by atoms with Crippen LogP contribution in [0.5, 0.6) is 0 Å². The van der Waals surface area contributed by atoms with Crippen molar-refractivity contribution in [3.63, 3.8) is 0 Å². The van der Waals surface area contributed by atoms with Crippen LogP contribution in [0.2, 0.25) is 0 Å². The zero-order valence-corrected chi connectivity index (χ0v) is 20.3. The SMILES string of the molecule is CC(C)(O)[C@@H]1CCN(c2cc(NC(=O)c3cccc(-c4cnn(CC(F)(F)F)c4)n3)c(C(F)(F)F)cn2)C1. The Balaban J connectivity index is 1.58. The van der Waals surface area contributed by atoms with Crippen molar-refractivity contribution < 1.29 is 36.2 Å². The van der Waals surface area contributed by atoms with E-state index in [0.717, 1.165) is 18.5 Å². The highest BCUT2D eigenvalue weighted by Gasteiger charge is 2.37. The first-order valence-electron chi connectivity index (χ1n) is 11.5. The summed E-state index contributed by atoms with van der Waals surface area (Å²) in [6, 6.07) is 5.23. The number of pyridine rings is 2. The van der Waals surface area contributed by atoms with E-state index in [0.29, 0.717) is 30.4 Å². The second-order valence-electron chi connectivity index (χ2n) is 9.58. The third-order valence-corrected chi connectivity index (χ3v) is 6.21. The van der Waals surface area contributed by atoms with Gasteiger partial charge in [0, 0.05) is 43.0 Å². The van der Waals surface area contributed by atoms with Crippen LogP contribution >= 0.6 is 0 Å². The summed E-state index contributed by atoms with van der Waals surface area (Å²) in [5.74, 6) is -0.858. The minimum absolute atomic E-state index is 0.114. The molecule has 0 saturated carbocycles. The van der Waals surface area contributed by atoms with Crippen molar-refractivity contribution in [2.45, 2.75) is 44.8 Å². The van der Waals surface area contributed by atoms with Gasteiger partial charge in [0.25, 0.3) is 5.91 Å². The average Bonchev–Trinajstić information content (AvgIpc) is 3.47. The van der Waals surface area contributed by atoms with Gasteiger partial charge >= 0.3 is 12.4 Å². The number of anilines is 2. The summed E-state index contributed by atoms with van der Waals surface area (Å²) >= 11 is 0. The Morgan fingerprint density at radius 2 is 1.89 bits per heavy atom. The molecule has 1 aliphatic rings. The number of nitrogens with one attached hydrogen (secondary N) is 1. The lowest BCUT2D eigenvalue weighted by molar-refractivity contribution is -0.142. The fourth-order valence-corrected chi connectivity index (χ4v) is 4.17. The number of carbonyl (C=O) groups excluding carboxylic acids is 1. The molecule has 0 aliphatic carbocycles. The van der Waals surface area contributed by atoms with E-state index in [1.54, 1.807) is 18.7 Å². The van der Waals surface area contributed by atoms with Crippen LogP contribution in [0.15, 0.2) is 42.9 Å². The van der Waals surface area contributed by atoms with Gasteiger partial charge in [0.05, 0.1) is 28.7 Å². The number of halogens is 6. The normalized spacial score (nSPS) is 16.7. The molecule has 8 nitrogen and oxygen atoms in total. The van der Waals surface area contributed by atoms with Crippen molar-refractivity contribution in [2.24, 2.45) is 5.92 Å². The quantitative estimate of drug-likeness (QED) is 0.436. The summed E-state index contributed by atoms with van der Waals surface area (Å²) in [4.78, 5) is 22.7. The van der Waals surface area contributed by atoms with Crippen LogP contribution in [0.4, 0.5) is 37.8 Å². The van der Waals surface area contributed by atoms with E-state index in [4.69, 9.17) is 0 Å². The number of carbonyl (C=O) groups is 1. The summed E-state index contributed by atoms with van der Waals surface area (Å²) in [7, 11) is 0. The number of alkyl halides is 6. The van der Waals surface area contributed by atoms with Gasteiger partial charge in [-0.25, -0.2) is 9.97 Å². The molecule has 14 heteroatoms. The number of rotatable bonds is 6. The van der Waals surface area contributed by atoms with Crippen molar-refractivity contribution >= 4 is 17.4 Å². The number of amides is 1. The molecule has 1 aliphatic heterocycles. The monoisotopic (exact) mass is 542 g/mol. The van der Waals surface area contributed by atoms with Gasteiger partial charge in [0.1, 0.15) is 18.1 Å². The molecule has 3 aromatic rings. The number of aromatic nitrogens is 4. The Labute approximate surface area is 213 Å². The van der Waals surface area contributed by atoms with Crippen LogP contribution in [0.3, 0.4) is 0 Å². The number of nitrogens with zero attached hydrogens (tertiary/aromatic N) is 5. The van der Waals surface area contributed by atoms with Gasteiger partial charge in [-0.3, -0.25) is 9.48 Å². The van der Waals surface area contributed by atoms with E-state index in [-0.39, 0.29) is 28.7 Å². The zero-order chi connectivity index (χ0) is 27.9. The van der Waals surface area contributed by atoms with Crippen LogP contribution < -0.4 is 10.2 Å². The topological polar surface area (TPSA) is 96.2 Å². The molecule has 3 aromatic heterocycles. The lowest BCUT2D eigenvalue weighted by Crippen LogP contribution is -2.33. The van der Waals surface area contributed by atoms with Gasteiger partial charge in [0.2, 0.25) is 0 Å². The molecule has 2 N–H and O–H groups in total. The number of aliphatic hydroxyl groups is 1. The van der Waals surface area contributed by atoms with Gasteiger partial charge in [0.15, 0.2) is 0 Å². The van der Waals surface area contributed by atoms with E-state index in [2.05, 4.69) is 20.4 Å². The highest BCUT2D eigenvalue weighted by Crippen LogP contribution is 2.37. The van der Waals surface area contributed by atoms with Crippen LogP contribution in [0.1, 0.15) is 36.3 Å². The molecule has 1 fully saturated rings. The molecule has 38 heavy (non-hydrogen) atoms. The third kappa shape index (κ3) is 6.41. The van der Waals surface area contributed by atoms with Gasteiger partial charge in [-0.2, -0.15) is 31.4 Å². The molecule has 1 amide bonds. The maximum absolute atomic E-state index is 13.7. The van der Waals surface area contributed by atoms with E-state index in [9.17, 15) is 36.2 Å². The Morgan fingerprint density at radius 1 is 1.16 bits per heavy atom. The predicted molar refractivity (Wildman–Crippen MR) is 125 cm³/mol. The molecule has 204 valence electrons. The Bertz CT molecular complexity index is 1310. The Morgan fingerprint density at radius 3 is 2.53 bits per heavy atom. The molecule has 0 bridgehead atoms. The molecular weight excluding hydrogens is 518 g/mol. The lowest BCUT2D eigenvalue weighted by atomic mass is 9.90. The highest BCUT2D eigenvalue weighted by molar-refractivity contribution is 6.03. The minimum Gasteiger partial charge on any atom is -0.390 e. The molecule has 1 saturated heterocycles. The first-order chi connectivity index (χ1) is 17.6. The predicted octanol–water partition coefficient (Wildman–Crippen LogP) is 4.77. The fraction of sp³-hybridized carbons (Fsp3) is 0.417. The van der Waals surface area contributed by atoms with Crippen molar-refractivity contribution in [1.82, 2.24) is 19.7 Å². The van der Waals surface area contributed by atoms with Gasteiger partial charge in [-0.15, -0.1) is 0 Å². The van der Waals surface area contributed by atoms with Crippen LogP contribution in [0.25, 0.3) is 11.3 Å². The standard InChI is InChI=1S/C24H24F6N6O2/c1-22(2,38)15-6-7-35(12-15)20-8-19(16(10-31-20)24(28,29)30)34-21(37)18-5-3-4-17(33-18)14-9-32-36(11-14)13-23(25,26)27/h3-5,8-11,15,38H,6-7,12-13H2,1-2H3,(H,31,34,37)/t15-/m1/s1. The van der Waals surface area contributed by atoms with E-state index in [1.165, 1.54) is 18.2 Å². The van der Waals surface area contributed by atoms with E-state index in [1.807, 2.05) is 0 Å². The van der Waals surface area contributed by atoms with E-state index < -0.39 is 41.7 Å². The van der Waals surface area contributed by atoms with Crippen molar-refractivity contribution in [1.29, 1.82) is 0 Å². The van der Waals surface area contributed by atoms with Crippen LogP contribution in [0, 0.1) is 5.92 Å². The average molecular weight is 542 g/mol. The smallest absolute Gasteiger partial charge is 0.390 e. The second-order valence-corrected chi connectivity index (χ2v) is 9.58. The summed E-state index contributed by atoms with van der Waals surface area (Å²) in [5.41, 5.74) is -2.59. The maximum Gasteiger partial charge on any atom is 0.419 e. The molecule has 1 atom stereocenters. The molecule has 0 spiro atoms. The van der Waals surface area contributed by atoms with Crippen molar-refractivity contribution in [3.8, 4) is 11.3 Å². The van der Waals surface area contributed by atoms with Crippen LogP contribution in [-0.2, 0) is 12.7 Å². The fourth-order valence-electron chi connectivity index (χ4n) is 4.17. The maximum atomic E-state index is 13.7. The molecule has 4 heterocycles. The summed E-state index contributed by atoms with van der Waals surface area (Å²) in [6.07, 6.45) is -5.79. The minimum atomic E-state index is -4.81. The zero-order valence-electron chi connectivity index (χ0n) is 20.3. The van der Waals surface area contributed by atoms with Gasteiger partial charge in [-0.1, -0.05) is 6.07 Å². The van der Waals surface area contributed by atoms with Crippen LogP contribution in [-0.4, -0.2) is 55.6 Å². The summed E-state index contributed by atoms with van der Waals surface area (Å²) in [5, 5.41) is 16.2. The number of hydrogen-bond acceptors (Lipinski definition) is 6. The summed E-state index contributed by atoms with van der Waals surface area (Å²) in [6.45, 7) is 2.85. The highest BCUT2D eigenvalue weighted by atomic mass is 19.4. The summed E-state index contributed by atoms with van der Waals surface area (Å²) < 4.78 is 79.6. The van der Waals surface area contributed by atoms with Gasteiger partial charge in [-0.05, 0) is 32.4 Å². The van der Waals surface area contributed by atoms with Crippen molar-refractivity contribution in [3.05, 3.63) is 54.1 Å². The Kier molecular flexibility index (Phi) is 7.12. The van der Waals surface area contributed by atoms with E-state index >= 15 is 0 Å². The van der Waals surface area contributed by atoms with Gasteiger partial charge < -0.3 is 15.3 Å².